The fourth-order valence-corrected chi connectivity index (χ4v) is 2.05. The van der Waals surface area contributed by atoms with Crippen molar-refractivity contribution in [3.8, 4) is 23.2 Å². The van der Waals surface area contributed by atoms with Crippen molar-refractivity contribution in [2.45, 2.75) is 0 Å². The Bertz CT molecular complexity index is 849. The lowest BCUT2D eigenvalue weighted by molar-refractivity contribution is 0.351. The van der Waals surface area contributed by atoms with E-state index in [-0.39, 0.29) is 11.4 Å². The predicted octanol–water partition coefficient (Wildman–Crippen LogP) is 3.60. The van der Waals surface area contributed by atoms with Gasteiger partial charge in [-0.25, -0.2) is 0 Å². The maximum absolute atomic E-state index is 12.1. The third-order valence-electron chi connectivity index (χ3n) is 3.19. The zero-order chi connectivity index (χ0) is 15.5. The van der Waals surface area contributed by atoms with Gasteiger partial charge in [-0.15, -0.1) is 0 Å². The highest BCUT2D eigenvalue weighted by Crippen LogP contribution is 2.26. The molecule has 0 amide bonds. The van der Waals surface area contributed by atoms with Gasteiger partial charge in [-0.2, -0.15) is 0 Å². The van der Waals surface area contributed by atoms with E-state index in [0.717, 1.165) is 5.75 Å². The van der Waals surface area contributed by atoms with Gasteiger partial charge in [-0.1, -0.05) is 0 Å². The molecule has 1 aromatic heterocycles. The molecule has 0 unspecified atom stereocenters. The fourth-order valence-electron chi connectivity index (χ4n) is 2.05. The second kappa shape index (κ2) is 5.81. The van der Waals surface area contributed by atoms with Gasteiger partial charge in [0, 0.05) is 6.07 Å². The predicted molar refractivity (Wildman–Crippen MR) is 82.1 cm³/mol. The Morgan fingerprint density at radius 3 is 2.14 bits per heavy atom. The molecule has 5 nitrogen and oxygen atoms in total. The smallest absolute Gasteiger partial charge is 0.294 e. The van der Waals surface area contributed by atoms with E-state index in [1.807, 2.05) is 0 Å². The topological polar surface area (TPSA) is 57.9 Å². The highest BCUT2D eigenvalue weighted by atomic mass is 16.6. The summed E-state index contributed by atoms with van der Waals surface area (Å²) in [6.45, 7) is 0. The molecule has 0 bridgehead atoms. The lowest BCUT2D eigenvalue weighted by Crippen LogP contribution is -2.00. The number of fused-ring (bicyclic) bond motifs is 1. The molecule has 0 aliphatic heterocycles. The van der Waals surface area contributed by atoms with Crippen molar-refractivity contribution >= 4 is 11.0 Å². The van der Waals surface area contributed by atoms with Crippen molar-refractivity contribution in [2.75, 3.05) is 14.2 Å². The SMILES string of the molecule is COc1ccc(Oc2cc(=O)c3ccc(OC)cc3o2)cc1. The van der Waals surface area contributed by atoms with Crippen LogP contribution in [0, 0.1) is 0 Å². The molecule has 3 rings (SSSR count). The Labute approximate surface area is 126 Å². The van der Waals surface area contributed by atoms with Crippen molar-refractivity contribution in [1.82, 2.24) is 0 Å². The van der Waals surface area contributed by atoms with E-state index in [4.69, 9.17) is 18.6 Å². The summed E-state index contributed by atoms with van der Waals surface area (Å²) < 4.78 is 21.4. The van der Waals surface area contributed by atoms with Crippen molar-refractivity contribution in [2.24, 2.45) is 0 Å². The lowest BCUT2D eigenvalue weighted by atomic mass is 10.2. The number of ether oxygens (including phenoxy) is 3. The molecular formula is C17H14O5. The molecule has 3 aromatic rings. The van der Waals surface area contributed by atoms with Crippen LogP contribution in [-0.4, -0.2) is 14.2 Å². The van der Waals surface area contributed by atoms with Crippen LogP contribution in [0.4, 0.5) is 0 Å². The van der Waals surface area contributed by atoms with Crippen LogP contribution in [0.1, 0.15) is 0 Å². The van der Waals surface area contributed by atoms with Gasteiger partial charge in [0.1, 0.15) is 22.8 Å². The van der Waals surface area contributed by atoms with Gasteiger partial charge in [0.05, 0.1) is 25.7 Å². The highest BCUT2D eigenvalue weighted by molar-refractivity contribution is 5.78. The van der Waals surface area contributed by atoms with Gasteiger partial charge in [0.2, 0.25) is 0 Å². The van der Waals surface area contributed by atoms with E-state index >= 15 is 0 Å². The first-order valence-electron chi connectivity index (χ1n) is 6.63. The van der Waals surface area contributed by atoms with Gasteiger partial charge >= 0.3 is 0 Å². The number of benzene rings is 2. The Kier molecular flexibility index (Phi) is 3.70. The summed E-state index contributed by atoms with van der Waals surface area (Å²) in [7, 11) is 3.14. The monoisotopic (exact) mass is 298 g/mol. The molecule has 0 saturated carbocycles. The average molecular weight is 298 g/mol. The molecule has 2 aromatic carbocycles. The van der Waals surface area contributed by atoms with Crippen molar-refractivity contribution in [1.29, 1.82) is 0 Å². The Morgan fingerprint density at radius 1 is 0.818 bits per heavy atom. The largest absolute Gasteiger partial charge is 0.497 e. The molecule has 0 fully saturated rings. The molecule has 0 aliphatic carbocycles. The van der Waals surface area contributed by atoms with E-state index in [1.54, 1.807) is 56.7 Å². The number of methoxy groups -OCH3 is 2. The van der Waals surface area contributed by atoms with Crippen molar-refractivity contribution in [3.05, 3.63) is 58.8 Å². The molecule has 0 spiro atoms. The first kappa shape index (κ1) is 14.0. The standard InChI is InChI=1S/C17H14O5/c1-19-11-3-5-12(6-4-11)21-17-10-15(18)14-8-7-13(20-2)9-16(14)22-17/h3-10H,1-2H3. The van der Waals surface area contributed by atoms with Crippen LogP contribution >= 0.6 is 0 Å². The molecule has 0 N–H and O–H groups in total. The first-order valence-corrected chi connectivity index (χ1v) is 6.63. The molecule has 5 heteroatoms. The van der Waals surface area contributed by atoms with Crippen LogP contribution < -0.4 is 19.6 Å². The van der Waals surface area contributed by atoms with E-state index < -0.39 is 0 Å². The summed E-state index contributed by atoms with van der Waals surface area (Å²) in [4.78, 5) is 12.1. The maximum atomic E-state index is 12.1. The summed E-state index contributed by atoms with van der Waals surface area (Å²) in [6, 6.07) is 13.3. The summed E-state index contributed by atoms with van der Waals surface area (Å²) in [5.41, 5.74) is 0.239. The van der Waals surface area contributed by atoms with E-state index in [0.29, 0.717) is 22.5 Å². The molecule has 0 atom stereocenters. The van der Waals surface area contributed by atoms with Gasteiger partial charge in [0.25, 0.3) is 5.95 Å². The number of rotatable bonds is 4. The third-order valence-corrected chi connectivity index (χ3v) is 3.19. The Hall–Kier alpha value is -2.95. The Morgan fingerprint density at radius 2 is 1.45 bits per heavy atom. The van der Waals surface area contributed by atoms with Gasteiger partial charge < -0.3 is 18.6 Å². The third kappa shape index (κ3) is 2.74. The highest BCUT2D eigenvalue weighted by Gasteiger charge is 2.08. The Balaban J connectivity index is 1.97. The zero-order valence-electron chi connectivity index (χ0n) is 12.2. The number of hydrogen-bond acceptors (Lipinski definition) is 5. The molecular weight excluding hydrogens is 284 g/mol. The minimum atomic E-state index is -0.174. The molecule has 0 saturated heterocycles. The summed E-state index contributed by atoms with van der Waals surface area (Å²) in [6.07, 6.45) is 0. The quantitative estimate of drug-likeness (QED) is 0.736. The van der Waals surface area contributed by atoms with Crippen LogP contribution in [0.15, 0.2) is 57.7 Å². The van der Waals surface area contributed by atoms with Gasteiger partial charge in [-0.05, 0) is 36.4 Å². The second-order valence-corrected chi connectivity index (χ2v) is 4.57. The number of hydrogen-bond donors (Lipinski definition) is 0. The van der Waals surface area contributed by atoms with Crippen LogP contribution in [0.25, 0.3) is 11.0 Å². The molecule has 112 valence electrons. The lowest BCUT2D eigenvalue weighted by Gasteiger charge is -2.07. The minimum absolute atomic E-state index is 0.121. The van der Waals surface area contributed by atoms with Gasteiger partial charge in [-0.3, -0.25) is 4.79 Å². The summed E-state index contributed by atoms with van der Waals surface area (Å²) in [5, 5.41) is 0.475. The zero-order valence-corrected chi connectivity index (χ0v) is 12.2. The molecule has 0 aliphatic rings. The molecule has 0 radical (unpaired) electrons. The fraction of sp³-hybridized carbons (Fsp3) is 0.118. The maximum Gasteiger partial charge on any atom is 0.294 e. The van der Waals surface area contributed by atoms with E-state index in [2.05, 4.69) is 0 Å². The summed E-state index contributed by atoms with van der Waals surface area (Å²) in [5.74, 6) is 2.00. The normalized spacial score (nSPS) is 10.5. The van der Waals surface area contributed by atoms with E-state index in [9.17, 15) is 4.79 Å². The van der Waals surface area contributed by atoms with E-state index in [1.165, 1.54) is 6.07 Å². The van der Waals surface area contributed by atoms with Crippen LogP contribution in [-0.2, 0) is 0 Å². The van der Waals surface area contributed by atoms with Crippen LogP contribution in [0.2, 0.25) is 0 Å². The first-order chi connectivity index (χ1) is 10.7. The summed E-state index contributed by atoms with van der Waals surface area (Å²) >= 11 is 0. The van der Waals surface area contributed by atoms with Crippen LogP contribution in [0.5, 0.6) is 23.2 Å². The molecule has 1 heterocycles. The second-order valence-electron chi connectivity index (χ2n) is 4.57. The van der Waals surface area contributed by atoms with Gasteiger partial charge in [0.15, 0.2) is 5.43 Å². The van der Waals surface area contributed by atoms with Crippen molar-refractivity contribution in [3.63, 3.8) is 0 Å². The average Bonchev–Trinajstić information content (AvgIpc) is 2.55. The molecule has 22 heavy (non-hydrogen) atoms. The van der Waals surface area contributed by atoms with Crippen LogP contribution in [0.3, 0.4) is 0 Å². The minimum Gasteiger partial charge on any atom is -0.497 e. The van der Waals surface area contributed by atoms with Crippen molar-refractivity contribution < 1.29 is 18.6 Å².